The van der Waals surface area contributed by atoms with Crippen molar-refractivity contribution in [3.05, 3.63) is 23.3 Å². The summed E-state index contributed by atoms with van der Waals surface area (Å²) in [7, 11) is 3.17. The third kappa shape index (κ3) is 4.32. The first kappa shape index (κ1) is 16.7. The quantitative estimate of drug-likeness (QED) is 0.840. The van der Waals surface area contributed by atoms with E-state index in [2.05, 4.69) is 31.6 Å². The van der Waals surface area contributed by atoms with Crippen molar-refractivity contribution in [2.75, 3.05) is 14.2 Å². The van der Waals surface area contributed by atoms with E-state index in [1.54, 1.807) is 32.2 Å². The first-order valence-electron chi connectivity index (χ1n) is 6.42. The second-order valence-corrected chi connectivity index (χ2v) is 7.12. The molecular formula is C15H22N2O2S. The minimum atomic E-state index is 0.0622. The van der Waals surface area contributed by atoms with Crippen LogP contribution in [0.3, 0.4) is 0 Å². The van der Waals surface area contributed by atoms with Crippen molar-refractivity contribution >= 4 is 11.9 Å². The van der Waals surface area contributed by atoms with E-state index in [0.717, 1.165) is 11.3 Å². The molecule has 0 aliphatic rings. The summed E-state index contributed by atoms with van der Waals surface area (Å²) in [6.45, 7) is 8.47. The van der Waals surface area contributed by atoms with Gasteiger partial charge >= 0.3 is 0 Å². The number of methoxy groups -OCH3 is 2. The smallest absolute Gasteiger partial charge is 0.140 e. The number of nitriles is 1. The Balaban J connectivity index is 3.07. The highest BCUT2D eigenvalue weighted by molar-refractivity contribution is 7.98. The lowest BCUT2D eigenvalue weighted by Gasteiger charge is -2.23. The second kappa shape index (κ2) is 6.87. The van der Waals surface area contributed by atoms with Gasteiger partial charge in [-0.25, -0.2) is 0 Å². The average Bonchev–Trinajstić information content (AvgIpc) is 2.42. The van der Waals surface area contributed by atoms with Gasteiger partial charge in [-0.05, 0) is 33.8 Å². The minimum Gasteiger partial charge on any atom is -0.496 e. The fourth-order valence-corrected chi connectivity index (χ4v) is 2.34. The molecule has 5 heteroatoms. The van der Waals surface area contributed by atoms with Gasteiger partial charge in [-0.2, -0.15) is 5.26 Å². The van der Waals surface area contributed by atoms with Crippen molar-refractivity contribution in [3.8, 4) is 17.6 Å². The lowest BCUT2D eigenvalue weighted by Crippen LogP contribution is -2.20. The monoisotopic (exact) mass is 294 g/mol. The highest BCUT2D eigenvalue weighted by Crippen LogP contribution is 2.34. The normalized spacial score (nSPS) is 12.7. The molecule has 0 aliphatic carbocycles. The van der Waals surface area contributed by atoms with Crippen LogP contribution in [0.25, 0.3) is 0 Å². The summed E-state index contributed by atoms with van der Waals surface area (Å²) in [6, 6.07) is 5.79. The topological polar surface area (TPSA) is 54.3 Å². The molecule has 0 unspecified atom stereocenters. The van der Waals surface area contributed by atoms with E-state index in [1.807, 2.05) is 13.0 Å². The molecule has 0 saturated carbocycles. The standard InChI is InChI=1S/C15H22N2O2S/c1-10(17-20-15(2,3)4)12-7-11(9-16)13(18-5)8-14(12)19-6/h7-8,10,17H,1-6H3/t10-/m0/s1. The molecule has 1 N–H and O–H groups in total. The van der Waals surface area contributed by atoms with E-state index in [0.29, 0.717) is 11.3 Å². The summed E-state index contributed by atoms with van der Waals surface area (Å²) in [4.78, 5) is 0. The van der Waals surface area contributed by atoms with Crippen LogP contribution in [-0.2, 0) is 0 Å². The first-order valence-corrected chi connectivity index (χ1v) is 7.23. The van der Waals surface area contributed by atoms with Gasteiger partial charge in [0.15, 0.2) is 0 Å². The fourth-order valence-electron chi connectivity index (χ4n) is 1.68. The van der Waals surface area contributed by atoms with Gasteiger partial charge in [0.05, 0.1) is 19.8 Å². The summed E-state index contributed by atoms with van der Waals surface area (Å²) < 4.78 is 14.1. The molecule has 1 atom stereocenters. The van der Waals surface area contributed by atoms with Crippen molar-refractivity contribution in [2.24, 2.45) is 0 Å². The van der Waals surface area contributed by atoms with E-state index in [4.69, 9.17) is 9.47 Å². The Morgan fingerprint density at radius 3 is 2.25 bits per heavy atom. The van der Waals surface area contributed by atoms with E-state index >= 15 is 0 Å². The van der Waals surface area contributed by atoms with Crippen molar-refractivity contribution in [1.82, 2.24) is 4.72 Å². The summed E-state index contributed by atoms with van der Waals surface area (Å²) in [6.07, 6.45) is 0. The summed E-state index contributed by atoms with van der Waals surface area (Å²) in [5.74, 6) is 1.25. The van der Waals surface area contributed by atoms with Gasteiger partial charge in [0.2, 0.25) is 0 Å². The SMILES string of the molecule is COc1cc(OC)c([C@H](C)NSC(C)(C)C)cc1C#N. The molecule has 1 aromatic rings. The predicted molar refractivity (Wildman–Crippen MR) is 83.2 cm³/mol. The molecule has 1 rings (SSSR count). The maximum Gasteiger partial charge on any atom is 0.140 e. The Kier molecular flexibility index (Phi) is 5.73. The Bertz CT molecular complexity index is 504. The summed E-state index contributed by atoms with van der Waals surface area (Å²) in [5.41, 5.74) is 1.46. The molecular weight excluding hydrogens is 272 g/mol. The highest BCUT2D eigenvalue weighted by Gasteiger charge is 2.18. The number of hydrogen-bond acceptors (Lipinski definition) is 5. The van der Waals surface area contributed by atoms with Gasteiger partial charge in [0, 0.05) is 22.4 Å². The van der Waals surface area contributed by atoms with E-state index in [9.17, 15) is 5.26 Å². The molecule has 0 amide bonds. The molecule has 0 aromatic heterocycles. The van der Waals surface area contributed by atoms with E-state index in [-0.39, 0.29) is 10.8 Å². The Morgan fingerprint density at radius 1 is 1.20 bits per heavy atom. The van der Waals surface area contributed by atoms with Crippen LogP contribution >= 0.6 is 11.9 Å². The lowest BCUT2D eigenvalue weighted by molar-refractivity contribution is 0.388. The molecule has 110 valence electrons. The summed E-state index contributed by atoms with van der Waals surface area (Å²) in [5, 5.41) is 9.18. The van der Waals surface area contributed by atoms with Crippen LogP contribution in [-0.4, -0.2) is 19.0 Å². The largest absolute Gasteiger partial charge is 0.496 e. The number of nitrogens with zero attached hydrogens (tertiary/aromatic N) is 1. The minimum absolute atomic E-state index is 0.0622. The van der Waals surface area contributed by atoms with Gasteiger partial charge in [-0.15, -0.1) is 0 Å². The fraction of sp³-hybridized carbons (Fsp3) is 0.533. The molecule has 0 heterocycles. The third-order valence-electron chi connectivity index (χ3n) is 2.68. The number of benzene rings is 1. The van der Waals surface area contributed by atoms with Gasteiger partial charge in [-0.1, -0.05) is 11.9 Å². The molecule has 0 aliphatic heterocycles. The number of rotatable bonds is 5. The van der Waals surface area contributed by atoms with Crippen molar-refractivity contribution in [3.63, 3.8) is 0 Å². The van der Waals surface area contributed by atoms with Gasteiger partial charge in [-0.3, -0.25) is 4.72 Å². The Morgan fingerprint density at radius 2 is 1.80 bits per heavy atom. The zero-order valence-electron chi connectivity index (χ0n) is 12.9. The van der Waals surface area contributed by atoms with Crippen LogP contribution in [0.2, 0.25) is 0 Å². The van der Waals surface area contributed by atoms with Crippen LogP contribution in [0.1, 0.15) is 44.9 Å². The maximum atomic E-state index is 9.18. The van der Waals surface area contributed by atoms with Crippen LogP contribution in [0.15, 0.2) is 12.1 Å². The molecule has 0 saturated heterocycles. The zero-order valence-corrected chi connectivity index (χ0v) is 13.7. The number of ether oxygens (including phenoxy) is 2. The van der Waals surface area contributed by atoms with E-state index < -0.39 is 0 Å². The molecule has 1 aromatic carbocycles. The zero-order chi connectivity index (χ0) is 15.3. The van der Waals surface area contributed by atoms with Gasteiger partial charge in [0.1, 0.15) is 17.6 Å². The lowest BCUT2D eigenvalue weighted by atomic mass is 10.0. The molecule has 0 bridgehead atoms. The van der Waals surface area contributed by atoms with Crippen molar-refractivity contribution in [2.45, 2.75) is 38.5 Å². The van der Waals surface area contributed by atoms with Gasteiger partial charge < -0.3 is 9.47 Å². The Labute approximate surface area is 125 Å². The van der Waals surface area contributed by atoms with Crippen molar-refractivity contribution in [1.29, 1.82) is 5.26 Å². The van der Waals surface area contributed by atoms with Crippen LogP contribution in [0, 0.1) is 11.3 Å². The third-order valence-corrected chi connectivity index (χ3v) is 3.76. The summed E-state index contributed by atoms with van der Waals surface area (Å²) >= 11 is 1.66. The molecule has 0 radical (unpaired) electrons. The van der Waals surface area contributed by atoms with Crippen LogP contribution in [0.5, 0.6) is 11.5 Å². The molecule has 20 heavy (non-hydrogen) atoms. The van der Waals surface area contributed by atoms with Crippen LogP contribution < -0.4 is 14.2 Å². The average molecular weight is 294 g/mol. The number of nitrogens with one attached hydrogen (secondary N) is 1. The predicted octanol–water partition coefficient (Wildman–Crippen LogP) is 3.67. The Hall–Kier alpha value is -1.38. The molecule has 0 spiro atoms. The maximum absolute atomic E-state index is 9.18. The molecule has 0 fully saturated rings. The van der Waals surface area contributed by atoms with Gasteiger partial charge in [0.25, 0.3) is 0 Å². The van der Waals surface area contributed by atoms with E-state index in [1.165, 1.54) is 0 Å². The highest BCUT2D eigenvalue weighted by atomic mass is 32.2. The molecule has 4 nitrogen and oxygen atoms in total. The van der Waals surface area contributed by atoms with Crippen LogP contribution in [0.4, 0.5) is 0 Å². The number of hydrogen-bond donors (Lipinski definition) is 1. The second-order valence-electron chi connectivity index (χ2n) is 5.46. The first-order chi connectivity index (χ1) is 9.32. The van der Waals surface area contributed by atoms with Crippen molar-refractivity contribution < 1.29 is 9.47 Å².